The van der Waals surface area contributed by atoms with Crippen LogP contribution in [0.25, 0.3) is 20.3 Å². The van der Waals surface area contributed by atoms with E-state index in [2.05, 4.69) is 10.3 Å². The molecule has 1 aliphatic carbocycles. The molecule has 142 valence electrons. The van der Waals surface area contributed by atoms with Crippen LogP contribution in [-0.4, -0.2) is 21.5 Å². The van der Waals surface area contributed by atoms with Crippen molar-refractivity contribution in [1.82, 2.24) is 14.9 Å². The molecular formula is C20H23N3O2S2. The molecule has 7 heteroatoms. The largest absolute Gasteiger partial charge is 0.353 e. The second kappa shape index (κ2) is 7.94. The number of benzene rings is 1. The zero-order chi connectivity index (χ0) is 18.8. The fourth-order valence-electron chi connectivity index (χ4n) is 3.85. The standard InChI is InChI=1S/C20H23N3O2S2/c24-16(21-13-7-3-1-2-4-8-13)11-12-23-19(25)18-17(22-20(23)26)14-9-5-6-10-15(14)27-18/h5-6,9-10,13H,1-4,7-8,11-12H2,(H,21,24)(H,22,26). The minimum atomic E-state index is -0.114. The summed E-state index contributed by atoms with van der Waals surface area (Å²) < 4.78 is 3.60. The predicted octanol–water partition coefficient (Wildman–Crippen LogP) is 4.50. The van der Waals surface area contributed by atoms with Crippen molar-refractivity contribution >= 4 is 49.8 Å². The topological polar surface area (TPSA) is 66.9 Å². The molecule has 27 heavy (non-hydrogen) atoms. The first-order valence-electron chi connectivity index (χ1n) is 9.57. The zero-order valence-electron chi connectivity index (χ0n) is 15.1. The van der Waals surface area contributed by atoms with Crippen molar-refractivity contribution in [3.05, 3.63) is 39.4 Å². The SMILES string of the molecule is O=C(CCn1c(=S)[nH]c2c(sc3ccccc32)c1=O)NC1CCCCCC1. The number of aromatic amines is 1. The lowest BCUT2D eigenvalue weighted by molar-refractivity contribution is -0.122. The van der Waals surface area contributed by atoms with Gasteiger partial charge in [0.05, 0.1) is 5.52 Å². The van der Waals surface area contributed by atoms with Crippen molar-refractivity contribution in [3.8, 4) is 0 Å². The van der Waals surface area contributed by atoms with Gasteiger partial charge in [-0.2, -0.15) is 0 Å². The second-order valence-corrected chi connectivity index (χ2v) is 8.63. The lowest BCUT2D eigenvalue weighted by atomic mass is 10.1. The van der Waals surface area contributed by atoms with Gasteiger partial charge in [-0.15, -0.1) is 11.3 Å². The Bertz CT molecular complexity index is 1090. The Kier molecular flexibility index (Phi) is 5.41. The first-order chi connectivity index (χ1) is 13.1. The molecule has 2 N–H and O–H groups in total. The van der Waals surface area contributed by atoms with Gasteiger partial charge in [0.25, 0.3) is 5.56 Å². The third-order valence-electron chi connectivity index (χ3n) is 5.29. The minimum absolute atomic E-state index is 0.000336. The highest BCUT2D eigenvalue weighted by molar-refractivity contribution is 7.71. The summed E-state index contributed by atoms with van der Waals surface area (Å²) in [6.07, 6.45) is 7.25. The van der Waals surface area contributed by atoms with E-state index in [-0.39, 0.29) is 23.9 Å². The number of hydrogen-bond donors (Lipinski definition) is 2. The number of thiophene rings is 1. The number of rotatable bonds is 4. The molecule has 0 bridgehead atoms. The van der Waals surface area contributed by atoms with Crippen molar-refractivity contribution in [2.24, 2.45) is 0 Å². The van der Waals surface area contributed by atoms with E-state index in [9.17, 15) is 9.59 Å². The summed E-state index contributed by atoms with van der Waals surface area (Å²) in [6, 6.07) is 8.18. The molecule has 1 amide bonds. The summed E-state index contributed by atoms with van der Waals surface area (Å²) in [6.45, 7) is 0.302. The van der Waals surface area contributed by atoms with Crippen LogP contribution in [0.15, 0.2) is 29.1 Å². The van der Waals surface area contributed by atoms with E-state index in [0.717, 1.165) is 28.4 Å². The third kappa shape index (κ3) is 3.84. The fourth-order valence-corrected chi connectivity index (χ4v) is 5.23. The van der Waals surface area contributed by atoms with Gasteiger partial charge in [-0.3, -0.25) is 14.2 Å². The molecule has 1 aromatic carbocycles. The van der Waals surface area contributed by atoms with Gasteiger partial charge in [0.2, 0.25) is 5.91 Å². The first kappa shape index (κ1) is 18.4. The molecule has 3 aromatic rings. The maximum atomic E-state index is 12.9. The van der Waals surface area contributed by atoms with Gasteiger partial charge in [-0.1, -0.05) is 43.9 Å². The molecule has 0 radical (unpaired) electrons. The van der Waals surface area contributed by atoms with Crippen molar-refractivity contribution in [3.63, 3.8) is 0 Å². The molecule has 0 unspecified atom stereocenters. The number of H-pyrrole nitrogens is 1. The van der Waals surface area contributed by atoms with Crippen LogP contribution in [0.2, 0.25) is 0 Å². The number of amides is 1. The Morgan fingerprint density at radius 1 is 1.22 bits per heavy atom. The predicted molar refractivity (Wildman–Crippen MR) is 113 cm³/mol. The molecule has 1 saturated carbocycles. The zero-order valence-corrected chi connectivity index (χ0v) is 16.8. The Labute approximate surface area is 166 Å². The first-order valence-corrected chi connectivity index (χ1v) is 10.8. The number of fused-ring (bicyclic) bond motifs is 3. The number of carbonyl (C=O) groups is 1. The van der Waals surface area contributed by atoms with Crippen molar-refractivity contribution in [2.75, 3.05) is 0 Å². The summed E-state index contributed by atoms with van der Waals surface area (Å²) in [5.41, 5.74) is 0.682. The summed E-state index contributed by atoms with van der Waals surface area (Å²) in [4.78, 5) is 28.5. The van der Waals surface area contributed by atoms with E-state index < -0.39 is 0 Å². The molecule has 1 fully saturated rings. The number of nitrogens with zero attached hydrogens (tertiary/aromatic N) is 1. The molecular weight excluding hydrogens is 378 g/mol. The van der Waals surface area contributed by atoms with Crippen molar-refractivity contribution in [1.29, 1.82) is 0 Å². The van der Waals surface area contributed by atoms with E-state index in [1.807, 2.05) is 24.3 Å². The van der Waals surface area contributed by atoms with Gasteiger partial charge < -0.3 is 10.3 Å². The van der Waals surface area contributed by atoms with Gasteiger partial charge in [0, 0.05) is 29.1 Å². The van der Waals surface area contributed by atoms with Crippen LogP contribution in [0.5, 0.6) is 0 Å². The van der Waals surface area contributed by atoms with E-state index in [0.29, 0.717) is 16.0 Å². The highest BCUT2D eigenvalue weighted by Gasteiger charge is 2.16. The lowest BCUT2D eigenvalue weighted by Gasteiger charge is -2.16. The van der Waals surface area contributed by atoms with Crippen molar-refractivity contribution < 1.29 is 4.79 Å². The monoisotopic (exact) mass is 401 g/mol. The van der Waals surface area contributed by atoms with Gasteiger partial charge in [0.15, 0.2) is 4.77 Å². The van der Waals surface area contributed by atoms with Crippen LogP contribution in [0.3, 0.4) is 0 Å². The third-order valence-corrected chi connectivity index (χ3v) is 6.78. The quantitative estimate of drug-likeness (QED) is 0.499. The number of carbonyl (C=O) groups excluding carboxylic acids is 1. The highest BCUT2D eigenvalue weighted by Crippen LogP contribution is 2.29. The van der Waals surface area contributed by atoms with Crippen LogP contribution in [0.4, 0.5) is 0 Å². The van der Waals surface area contributed by atoms with Gasteiger partial charge in [0.1, 0.15) is 4.70 Å². The maximum absolute atomic E-state index is 12.9. The summed E-state index contributed by atoms with van der Waals surface area (Å²) >= 11 is 6.87. The van der Waals surface area contributed by atoms with Crippen LogP contribution in [-0.2, 0) is 11.3 Å². The lowest BCUT2D eigenvalue weighted by Crippen LogP contribution is -2.35. The highest BCUT2D eigenvalue weighted by atomic mass is 32.1. The fraction of sp³-hybridized carbons (Fsp3) is 0.450. The van der Waals surface area contributed by atoms with E-state index in [4.69, 9.17) is 12.2 Å². The van der Waals surface area contributed by atoms with E-state index >= 15 is 0 Å². The van der Waals surface area contributed by atoms with Crippen LogP contribution in [0, 0.1) is 4.77 Å². The number of aromatic nitrogens is 2. The van der Waals surface area contributed by atoms with Crippen LogP contribution < -0.4 is 10.9 Å². The number of nitrogens with one attached hydrogen (secondary N) is 2. The second-order valence-electron chi connectivity index (χ2n) is 7.20. The normalized spacial score (nSPS) is 15.9. The van der Waals surface area contributed by atoms with Gasteiger partial charge in [-0.05, 0) is 31.1 Å². The van der Waals surface area contributed by atoms with Gasteiger partial charge in [-0.25, -0.2) is 0 Å². The molecule has 2 heterocycles. The molecule has 2 aromatic heterocycles. The molecule has 5 nitrogen and oxygen atoms in total. The molecule has 0 saturated heterocycles. The summed E-state index contributed by atoms with van der Waals surface area (Å²) in [5, 5.41) is 4.14. The Hall–Kier alpha value is -1.99. The average Bonchev–Trinajstić information content (AvgIpc) is 2.83. The average molecular weight is 402 g/mol. The van der Waals surface area contributed by atoms with Gasteiger partial charge >= 0.3 is 0 Å². The molecule has 4 rings (SSSR count). The smallest absolute Gasteiger partial charge is 0.272 e. The van der Waals surface area contributed by atoms with Crippen LogP contribution >= 0.6 is 23.6 Å². The summed E-state index contributed by atoms with van der Waals surface area (Å²) in [7, 11) is 0. The van der Waals surface area contributed by atoms with E-state index in [1.54, 1.807) is 0 Å². The molecule has 0 spiro atoms. The molecule has 0 aliphatic heterocycles. The van der Waals surface area contributed by atoms with Crippen molar-refractivity contribution in [2.45, 2.75) is 57.5 Å². The Morgan fingerprint density at radius 2 is 1.96 bits per heavy atom. The Balaban J connectivity index is 1.53. The maximum Gasteiger partial charge on any atom is 0.272 e. The summed E-state index contributed by atoms with van der Waals surface area (Å²) in [5.74, 6) is -0.000336. The Morgan fingerprint density at radius 3 is 2.74 bits per heavy atom. The molecule has 1 aliphatic rings. The molecule has 0 atom stereocenters. The number of hydrogen-bond acceptors (Lipinski definition) is 4. The minimum Gasteiger partial charge on any atom is -0.353 e. The van der Waals surface area contributed by atoms with E-state index in [1.165, 1.54) is 41.6 Å². The van der Waals surface area contributed by atoms with Crippen LogP contribution in [0.1, 0.15) is 44.9 Å².